The third-order valence-corrected chi connectivity index (χ3v) is 8.72. The number of nitrogen functional groups attached to an aromatic ring is 1. The molecule has 0 spiro atoms. The van der Waals surface area contributed by atoms with E-state index in [0.29, 0.717) is 34.4 Å². The fraction of sp³-hybridized carbons (Fsp3) is 0.444. The second-order valence-electron chi connectivity index (χ2n) is 9.98. The molecule has 17 heteroatoms. The normalized spacial score (nSPS) is 17.9. The number of nitrogens with zero attached hydrogens (tertiary/aromatic N) is 8. The van der Waals surface area contributed by atoms with Crippen LogP contribution < -0.4 is 20.9 Å². The van der Waals surface area contributed by atoms with E-state index in [1.807, 2.05) is 17.8 Å². The zero-order valence-corrected chi connectivity index (χ0v) is 26.0. The maximum Gasteiger partial charge on any atom is 0.471 e. The number of hydrogen-bond acceptors (Lipinski definition) is 13. The largest absolute Gasteiger partial charge is 0.471 e. The lowest BCUT2D eigenvalue weighted by Gasteiger charge is -2.20. The van der Waals surface area contributed by atoms with Crippen LogP contribution in [-0.4, -0.2) is 79.4 Å². The molecule has 0 aromatic carbocycles. The minimum Gasteiger partial charge on any atom is -0.400 e. The Morgan fingerprint density at radius 1 is 0.864 bits per heavy atom. The Morgan fingerprint density at radius 3 is 1.70 bits per heavy atom. The van der Waals surface area contributed by atoms with Gasteiger partial charge in [0.05, 0.1) is 0 Å². The SMILES string of the molecule is CO.C[C@@H]1CCCN1c1ncc(-c2nc(N)cs2)cn1.C[C@@H]1CCCN1c1ncc(-c2nc(NC(=O)C(F)(F)F)cs2)cn1. The Morgan fingerprint density at radius 2 is 1.32 bits per heavy atom. The number of aliphatic hydroxyl groups excluding tert-OH is 1. The molecule has 12 nitrogen and oxygen atoms in total. The number of hydrogen-bond donors (Lipinski definition) is 3. The molecule has 6 rings (SSSR count). The zero-order valence-electron chi connectivity index (χ0n) is 24.3. The summed E-state index contributed by atoms with van der Waals surface area (Å²) in [5.74, 6) is -0.199. The maximum absolute atomic E-state index is 12.2. The summed E-state index contributed by atoms with van der Waals surface area (Å²) in [5, 5.41) is 13.2. The molecule has 0 bridgehead atoms. The van der Waals surface area contributed by atoms with E-state index in [2.05, 4.69) is 53.6 Å². The van der Waals surface area contributed by atoms with Gasteiger partial charge in [-0.25, -0.2) is 29.9 Å². The Hall–Kier alpha value is -3.96. The minimum absolute atomic E-state index is 0.144. The molecule has 0 aliphatic carbocycles. The molecule has 2 saturated heterocycles. The third-order valence-electron chi connectivity index (χ3n) is 6.92. The number of carbonyl (C=O) groups is 1. The van der Waals surface area contributed by atoms with E-state index in [4.69, 9.17) is 10.8 Å². The fourth-order valence-electron chi connectivity index (χ4n) is 4.69. The van der Waals surface area contributed by atoms with Crippen LogP contribution in [0.5, 0.6) is 0 Å². The van der Waals surface area contributed by atoms with Crippen molar-refractivity contribution in [2.45, 2.75) is 57.8 Å². The summed E-state index contributed by atoms with van der Waals surface area (Å²) in [5.41, 5.74) is 7.12. The number of nitrogens with two attached hydrogens (primary N) is 1. The Bertz CT molecular complexity index is 1500. The molecule has 44 heavy (non-hydrogen) atoms. The number of thiazole rings is 2. The number of alkyl halides is 3. The quantitative estimate of drug-likeness (QED) is 0.271. The molecule has 236 valence electrons. The van der Waals surface area contributed by atoms with Crippen molar-refractivity contribution in [3.8, 4) is 21.1 Å². The number of anilines is 4. The standard InChI is InChI=1S/C14H14F3N5OS.C12H15N5S.CH4O/c1-8-3-2-4-22(8)13-18-5-9(6-19-13)11-20-10(7-24-11)21-12(23)14(15,16)17;1-8-3-2-4-17(8)12-14-5-9(6-15-12)11-16-10(13)7-18-11;1-2/h5-8H,2-4H2,1H3,(H,21,23);5-8H,2-4,13H2,1H3;2H,1H3/t2*8-;/m11./s1. The monoisotopic (exact) mass is 650 g/mol. The molecule has 0 saturated carbocycles. The zero-order chi connectivity index (χ0) is 31.9. The second kappa shape index (κ2) is 14.7. The molecule has 2 fully saturated rings. The fourth-order valence-corrected chi connectivity index (χ4v) is 6.10. The van der Waals surface area contributed by atoms with Crippen LogP contribution in [0.15, 0.2) is 35.5 Å². The smallest absolute Gasteiger partial charge is 0.400 e. The molecule has 1 amide bonds. The summed E-state index contributed by atoms with van der Waals surface area (Å²) >= 11 is 2.62. The highest BCUT2D eigenvalue weighted by atomic mass is 32.1. The number of nitrogens with one attached hydrogen (secondary N) is 1. The van der Waals surface area contributed by atoms with E-state index in [1.165, 1.54) is 29.6 Å². The number of halogens is 3. The number of aliphatic hydroxyl groups is 1. The van der Waals surface area contributed by atoms with Gasteiger partial charge in [0.15, 0.2) is 0 Å². The molecular weight excluding hydrogens is 617 g/mol. The topological polar surface area (TPSA) is 159 Å². The Balaban J connectivity index is 0.000000197. The van der Waals surface area contributed by atoms with Crippen LogP contribution in [-0.2, 0) is 4.79 Å². The summed E-state index contributed by atoms with van der Waals surface area (Å²) in [6.07, 6.45) is 6.51. The third kappa shape index (κ3) is 8.15. The lowest BCUT2D eigenvalue weighted by atomic mass is 10.2. The van der Waals surface area contributed by atoms with Crippen molar-refractivity contribution in [3.63, 3.8) is 0 Å². The predicted octanol–water partition coefficient (Wildman–Crippen LogP) is 4.87. The molecule has 4 aromatic heterocycles. The van der Waals surface area contributed by atoms with Gasteiger partial charge >= 0.3 is 12.1 Å². The van der Waals surface area contributed by atoms with E-state index >= 15 is 0 Å². The molecule has 2 aliphatic rings. The van der Waals surface area contributed by atoms with Gasteiger partial charge in [0.1, 0.15) is 21.7 Å². The maximum atomic E-state index is 12.2. The molecule has 2 atom stereocenters. The van der Waals surface area contributed by atoms with Gasteiger partial charge in [0, 0.05) is 79.0 Å². The number of amides is 1. The first-order chi connectivity index (χ1) is 21.1. The average Bonchev–Trinajstić information content (AvgIpc) is 3.83. The van der Waals surface area contributed by atoms with Gasteiger partial charge in [-0.1, -0.05) is 0 Å². The van der Waals surface area contributed by atoms with Crippen LogP contribution in [0, 0.1) is 0 Å². The highest BCUT2D eigenvalue weighted by Crippen LogP contribution is 2.29. The van der Waals surface area contributed by atoms with Crippen molar-refractivity contribution in [1.82, 2.24) is 29.9 Å². The summed E-state index contributed by atoms with van der Waals surface area (Å²) in [4.78, 5) is 41.0. The van der Waals surface area contributed by atoms with Gasteiger partial charge in [0.2, 0.25) is 11.9 Å². The first-order valence-corrected chi connectivity index (χ1v) is 15.5. The van der Waals surface area contributed by atoms with Crippen molar-refractivity contribution < 1.29 is 23.1 Å². The highest BCUT2D eigenvalue weighted by Gasteiger charge is 2.39. The molecule has 2 aliphatic heterocycles. The van der Waals surface area contributed by atoms with Gasteiger partial charge in [-0.3, -0.25) is 4.79 Å². The van der Waals surface area contributed by atoms with E-state index < -0.39 is 12.1 Å². The summed E-state index contributed by atoms with van der Waals surface area (Å²) in [6.45, 7) is 6.28. The van der Waals surface area contributed by atoms with Crippen molar-refractivity contribution in [2.75, 3.05) is 41.0 Å². The minimum atomic E-state index is -4.94. The Kier molecular flexibility index (Phi) is 11.0. The molecule has 6 heterocycles. The van der Waals surface area contributed by atoms with Crippen LogP contribution in [0.4, 0.5) is 36.7 Å². The van der Waals surface area contributed by atoms with Crippen LogP contribution in [0.3, 0.4) is 0 Å². The van der Waals surface area contributed by atoms with Gasteiger partial charge in [-0.15, -0.1) is 22.7 Å². The molecular formula is C27H33F3N10O2S2. The van der Waals surface area contributed by atoms with Crippen LogP contribution in [0.2, 0.25) is 0 Å². The van der Waals surface area contributed by atoms with E-state index in [1.54, 1.807) is 17.7 Å². The molecule has 0 radical (unpaired) electrons. The average molecular weight is 651 g/mol. The first kappa shape index (κ1) is 32.9. The lowest BCUT2D eigenvalue weighted by molar-refractivity contribution is -0.167. The van der Waals surface area contributed by atoms with Crippen LogP contribution in [0.1, 0.15) is 39.5 Å². The molecule has 4 aromatic rings. The van der Waals surface area contributed by atoms with Gasteiger partial charge in [0.25, 0.3) is 0 Å². The molecule has 4 N–H and O–H groups in total. The van der Waals surface area contributed by atoms with E-state index in [9.17, 15) is 18.0 Å². The number of rotatable bonds is 5. The summed E-state index contributed by atoms with van der Waals surface area (Å²) in [6, 6.07) is 0.922. The number of carbonyl (C=O) groups excluding carboxylic acids is 1. The number of aromatic nitrogens is 6. The van der Waals surface area contributed by atoms with Crippen molar-refractivity contribution in [3.05, 3.63) is 35.5 Å². The van der Waals surface area contributed by atoms with Gasteiger partial charge in [-0.05, 0) is 39.5 Å². The van der Waals surface area contributed by atoms with E-state index in [-0.39, 0.29) is 5.82 Å². The van der Waals surface area contributed by atoms with Crippen LogP contribution >= 0.6 is 22.7 Å². The van der Waals surface area contributed by atoms with Gasteiger partial charge in [-0.2, -0.15) is 13.2 Å². The highest BCUT2D eigenvalue weighted by molar-refractivity contribution is 7.13. The van der Waals surface area contributed by atoms with Gasteiger partial charge < -0.3 is 26.0 Å². The van der Waals surface area contributed by atoms with E-state index in [0.717, 1.165) is 60.9 Å². The first-order valence-electron chi connectivity index (χ1n) is 13.8. The van der Waals surface area contributed by atoms with Crippen LogP contribution in [0.25, 0.3) is 21.1 Å². The predicted molar refractivity (Wildman–Crippen MR) is 166 cm³/mol. The lowest BCUT2D eigenvalue weighted by Crippen LogP contribution is -2.30. The van der Waals surface area contributed by atoms with Crippen molar-refractivity contribution >= 4 is 52.1 Å². The Labute approximate surface area is 260 Å². The van der Waals surface area contributed by atoms with Crippen molar-refractivity contribution in [2.24, 2.45) is 0 Å². The molecule has 0 unspecified atom stereocenters. The second-order valence-corrected chi connectivity index (χ2v) is 11.7. The summed E-state index contributed by atoms with van der Waals surface area (Å²) in [7, 11) is 1.00. The van der Waals surface area contributed by atoms with Crippen molar-refractivity contribution in [1.29, 1.82) is 0 Å². The summed E-state index contributed by atoms with van der Waals surface area (Å²) < 4.78 is 36.7.